The quantitative estimate of drug-likeness (QED) is 0.797. The summed E-state index contributed by atoms with van der Waals surface area (Å²) in [7, 11) is 0. The van der Waals surface area contributed by atoms with Gasteiger partial charge in [0.05, 0.1) is 5.56 Å². The SMILES string of the molecule is CCCN1CCN(C(=O)c2ccc(N)cc2N)CC1. The van der Waals surface area contributed by atoms with E-state index < -0.39 is 0 Å². The van der Waals surface area contributed by atoms with Crippen molar-refractivity contribution in [2.24, 2.45) is 0 Å². The van der Waals surface area contributed by atoms with Gasteiger partial charge < -0.3 is 16.4 Å². The second-order valence-corrected chi connectivity index (χ2v) is 4.98. The molecular weight excluding hydrogens is 240 g/mol. The van der Waals surface area contributed by atoms with E-state index in [2.05, 4.69) is 11.8 Å². The lowest BCUT2D eigenvalue weighted by molar-refractivity contribution is 0.0638. The van der Waals surface area contributed by atoms with Gasteiger partial charge in [0.25, 0.3) is 5.91 Å². The average molecular weight is 262 g/mol. The Hall–Kier alpha value is -1.75. The van der Waals surface area contributed by atoms with Crippen LogP contribution in [0.25, 0.3) is 0 Å². The number of nitrogens with two attached hydrogens (primary N) is 2. The van der Waals surface area contributed by atoms with Crippen LogP contribution in [0.4, 0.5) is 11.4 Å². The molecule has 5 nitrogen and oxygen atoms in total. The molecule has 0 unspecified atom stereocenters. The van der Waals surface area contributed by atoms with Crippen LogP contribution >= 0.6 is 0 Å². The molecule has 2 rings (SSSR count). The molecule has 0 aromatic heterocycles. The Morgan fingerprint density at radius 2 is 1.89 bits per heavy atom. The van der Waals surface area contributed by atoms with E-state index >= 15 is 0 Å². The molecule has 19 heavy (non-hydrogen) atoms. The van der Waals surface area contributed by atoms with Gasteiger partial charge in [-0.05, 0) is 31.2 Å². The molecule has 4 N–H and O–H groups in total. The molecule has 1 aliphatic rings. The fourth-order valence-electron chi connectivity index (χ4n) is 2.44. The highest BCUT2D eigenvalue weighted by atomic mass is 16.2. The maximum atomic E-state index is 12.4. The number of benzene rings is 1. The standard InChI is InChI=1S/C14H22N4O/c1-2-5-17-6-8-18(9-7-17)14(19)12-4-3-11(15)10-13(12)16/h3-4,10H,2,5-9,15-16H2,1H3. The summed E-state index contributed by atoms with van der Waals surface area (Å²) in [4.78, 5) is 16.6. The van der Waals surface area contributed by atoms with Crippen molar-refractivity contribution in [1.82, 2.24) is 9.80 Å². The number of nitrogens with zero attached hydrogens (tertiary/aromatic N) is 2. The van der Waals surface area contributed by atoms with Crippen LogP contribution in [0.15, 0.2) is 18.2 Å². The molecular formula is C14H22N4O. The minimum absolute atomic E-state index is 0.00801. The van der Waals surface area contributed by atoms with E-state index in [1.807, 2.05) is 4.90 Å². The smallest absolute Gasteiger partial charge is 0.256 e. The number of amides is 1. The number of hydrogen-bond acceptors (Lipinski definition) is 4. The summed E-state index contributed by atoms with van der Waals surface area (Å²) in [6, 6.07) is 5.07. The third-order valence-corrected chi connectivity index (χ3v) is 3.51. The molecule has 1 heterocycles. The van der Waals surface area contributed by atoms with Crippen molar-refractivity contribution in [1.29, 1.82) is 0 Å². The van der Waals surface area contributed by atoms with Gasteiger partial charge in [0.1, 0.15) is 0 Å². The monoisotopic (exact) mass is 262 g/mol. The second-order valence-electron chi connectivity index (χ2n) is 4.98. The summed E-state index contributed by atoms with van der Waals surface area (Å²) < 4.78 is 0. The predicted molar refractivity (Wildman–Crippen MR) is 77.9 cm³/mol. The van der Waals surface area contributed by atoms with Crippen molar-refractivity contribution in [2.75, 3.05) is 44.2 Å². The molecule has 0 radical (unpaired) electrons. The van der Waals surface area contributed by atoms with E-state index in [0.717, 1.165) is 39.1 Å². The number of nitrogen functional groups attached to an aromatic ring is 2. The van der Waals surface area contributed by atoms with Crippen LogP contribution in [-0.2, 0) is 0 Å². The summed E-state index contributed by atoms with van der Waals surface area (Å²) in [5.74, 6) is 0.00801. The van der Waals surface area contributed by atoms with Gasteiger partial charge in [0.15, 0.2) is 0 Å². The Morgan fingerprint density at radius 1 is 1.21 bits per heavy atom. The Morgan fingerprint density at radius 3 is 2.47 bits per heavy atom. The van der Waals surface area contributed by atoms with E-state index in [-0.39, 0.29) is 5.91 Å². The fourth-order valence-corrected chi connectivity index (χ4v) is 2.44. The van der Waals surface area contributed by atoms with Crippen molar-refractivity contribution in [3.05, 3.63) is 23.8 Å². The van der Waals surface area contributed by atoms with Crippen LogP contribution in [-0.4, -0.2) is 48.4 Å². The molecule has 0 saturated carbocycles. The van der Waals surface area contributed by atoms with E-state index in [1.165, 1.54) is 0 Å². The zero-order valence-electron chi connectivity index (χ0n) is 11.4. The Kier molecular flexibility index (Phi) is 4.27. The summed E-state index contributed by atoms with van der Waals surface area (Å²) in [5, 5.41) is 0. The molecule has 1 aromatic carbocycles. The molecule has 0 aliphatic carbocycles. The first-order valence-electron chi connectivity index (χ1n) is 6.78. The van der Waals surface area contributed by atoms with Gasteiger partial charge in [-0.3, -0.25) is 9.69 Å². The highest BCUT2D eigenvalue weighted by Gasteiger charge is 2.22. The fraction of sp³-hybridized carbons (Fsp3) is 0.500. The van der Waals surface area contributed by atoms with Crippen molar-refractivity contribution in [2.45, 2.75) is 13.3 Å². The van der Waals surface area contributed by atoms with Crippen LogP contribution in [0.5, 0.6) is 0 Å². The summed E-state index contributed by atoms with van der Waals surface area (Å²) >= 11 is 0. The topological polar surface area (TPSA) is 75.6 Å². The predicted octanol–water partition coefficient (Wildman–Crippen LogP) is 1.02. The molecule has 104 valence electrons. The number of carbonyl (C=O) groups excluding carboxylic acids is 1. The van der Waals surface area contributed by atoms with E-state index in [4.69, 9.17) is 11.5 Å². The summed E-state index contributed by atoms with van der Waals surface area (Å²) in [6.45, 7) is 6.69. The summed E-state index contributed by atoms with van der Waals surface area (Å²) in [6.07, 6.45) is 1.15. The Labute approximate surface area is 114 Å². The van der Waals surface area contributed by atoms with Crippen LogP contribution in [0.3, 0.4) is 0 Å². The number of carbonyl (C=O) groups is 1. The third-order valence-electron chi connectivity index (χ3n) is 3.51. The van der Waals surface area contributed by atoms with Crippen LogP contribution < -0.4 is 11.5 Å². The largest absolute Gasteiger partial charge is 0.399 e. The maximum Gasteiger partial charge on any atom is 0.256 e. The number of anilines is 2. The van der Waals surface area contributed by atoms with Crippen molar-refractivity contribution in [3.63, 3.8) is 0 Å². The van der Waals surface area contributed by atoms with Crippen molar-refractivity contribution in [3.8, 4) is 0 Å². The van der Waals surface area contributed by atoms with E-state index in [1.54, 1.807) is 18.2 Å². The molecule has 1 saturated heterocycles. The van der Waals surface area contributed by atoms with E-state index in [9.17, 15) is 4.79 Å². The molecule has 5 heteroatoms. The molecule has 1 amide bonds. The third kappa shape index (κ3) is 3.17. The minimum atomic E-state index is 0.00801. The van der Waals surface area contributed by atoms with Gasteiger partial charge in [-0.15, -0.1) is 0 Å². The number of rotatable bonds is 3. The van der Waals surface area contributed by atoms with E-state index in [0.29, 0.717) is 16.9 Å². The highest BCUT2D eigenvalue weighted by Crippen LogP contribution is 2.18. The van der Waals surface area contributed by atoms with Gasteiger partial charge >= 0.3 is 0 Å². The Bertz CT molecular complexity index is 453. The van der Waals surface area contributed by atoms with Crippen molar-refractivity contribution >= 4 is 17.3 Å². The average Bonchev–Trinajstić information content (AvgIpc) is 2.39. The van der Waals surface area contributed by atoms with Crippen molar-refractivity contribution < 1.29 is 4.79 Å². The van der Waals surface area contributed by atoms with Crippen LogP contribution in [0.1, 0.15) is 23.7 Å². The molecule has 1 aliphatic heterocycles. The molecule has 1 aromatic rings. The summed E-state index contributed by atoms with van der Waals surface area (Å²) in [5.41, 5.74) is 13.1. The van der Waals surface area contributed by atoms with Gasteiger partial charge in [0.2, 0.25) is 0 Å². The number of piperazine rings is 1. The Balaban J connectivity index is 2.01. The van der Waals surface area contributed by atoms with Gasteiger partial charge in [-0.2, -0.15) is 0 Å². The van der Waals surface area contributed by atoms with Gasteiger partial charge in [-0.1, -0.05) is 6.92 Å². The highest BCUT2D eigenvalue weighted by molar-refractivity contribution is 5.99. The second kappa shape index (κ2) is 5.93. The first-order chi connectivity index (χ1) is 9.11. The molecule has 0 spiro atoms. The van der Waals surface area contributed by atoms with Crippen LogP contribution in [0.2, 0.25) is 0 Å². The lowest BCUT2D eigenvalue weighted by Crippen LogP contribution is -2.48. The first-order valence-corrected chi connectivity index (χ1v) is 6.78. The minimum Gasteiger partial charge on any atom is -0.399 e. The molecule has 1 fully saturated rings. The maximum absolute atomic E-state index is 12.4. The van der Waals surface area contributed by atoms with Gasteiger partial charge in [0, 0.05) is 37.6 Å². The lowest BCUT2D eigenvalue weighted by Gasteiger charge is -2.34. The zero-order valence-corrected chi connectivity index (χ0v) is 11.4. The zero-order chi connectivity index (χ0) is 13.8. The normalized spacial score (nSPS) is 16.6. The van der Waals surface area contributed by atoms with Gasteiger partial charge in [-0.25, -0.2) is 0 Å². The molecule has 0 atom stereocenters. The first kappa shape index (κ1) is 13.7. The number of hydrogen-bond donors (Lipinski definition) is 2. The van der Waals surface area contributed by atoms with Crippen LogP contribution in [0, 0.1) is 0 Å². The lowest BCUT2D eigenvalue weighted by atomic mass is 10.1. The molecule has 0 bridgehead atoms.